The lowest BCUT2D eigenvalue weighted by molar-refractivity contribution is 0.0364. The van der Waals surface area contributed by atoms with Crippen LogP contribution in [0.2, 0.25) is 0 Å². The SMILES string of the molecule is C=CCc1cc(C(=O)NOCC)cc(OC)c1OC. The van der Waals surface area contributed by atoms with Crippen molar-refractivity contribution in [3.05, 3.63) is 35.9 Å². The Morgan fingerprint density at radius 1 is 1.37 bits per heavy atom. The van der Waals surface area contributed by atoms with Crippen molar-refractivity contribution in [3.8, 4) is 11.5 Å². The van der Waals surface area contributed by atoms with Crippen molar-refractivity contribution in [2.75, 3.05) is 20.8 Å². The number of benzene rings is 1. The molecule has 0 saturated heterocycles. The molecule has 0 radical (unpaired) electrons. The molecule has 0 aliphatic carbocycles. The standard InChI is InChI=1S/C14H19NO4/c1-5-7-10-8-11(14(16)15-19-6-2)9-12(17-3)13(10)18-4/h5,8-9H,1,6-7H2,2-4H3,(H,15,16). The Hall–Kier alpha value is -2.01. The normalized spacial score (nSPS) is 9.84. The first-order valence-electron chi connectivity index (χ1n) is 5.95. The zero-order valence-electron chi connectivity index (χ0n) is 11.5. The maximum atomic E-state index is 11.9. The van der Waals surface area contributed by atoms with Crippen molar-refractivity contribution in [3.63, 3.8) is 0 Å². The van der Waals surface area contributed by atoms with E-state index in [1.807, 2.05) is 0 Å². The van der Waals surface area contributed by atoms with E-state index in [0.717, 1.165) is 5.56 Å². The van der Waals surface area contributed by atoms with Crippen LogP contribution in [-0.2, 0) is 11.3 Å². The first-order valence-corrected chi connectivity index (χ1v) is 5.95. The Labute approximate surface area is 113 Å². The van der Waals surface area contributed by atoms with E-state index in [4.69, 9.17) is 14.3 Å². The highest BCUT2D eigenvalue weighted by Crippen LogP contribution is 2.33. The van der Waals surface area contributed by atoms with Gasteiger partial charge in [0.1, 0.15) is 0 Å². The van der Waals surface area contributed by atoms with Gasteiger partial charge in [-0.1, -0.05) is 6.08 Å². The third-order valence-electron chi connectivity index (χ3n) is 2.49. The Balaban J connectivity index is 3.16. The highest BCUT2D eigenvalue weighted by atomic mass is 16.6. The smallest absolute Gasteiger partial charge is 0.274 e. The molecule has 1 amide bonds. The number of carbonyl (C=O) groups excluding carboxylic acids is 1. The van der Waals surface area contributed by atoms with E-state index in [-0.39, 0.29) is 5.91 Å². The van der Waals surface area contributed by atoms with E-state index >= 15 is 0 Å². The molecule has 0 bridgehead atoms. The number of hydrogen-bond acceptors (Lipinski definition) is 4. The number of amides is 1. The van der Waals surface area contributed by atoms with Gasteiger partial charge in [-0.05, 0) is 25.5 Å². The van der Waals surface area contributed by atoms with Gasteiger partial charge in [0.2, 0.25) is 0 Å². The van der Waals surface area contributed by atoms with Crippen LogP contribution in [0.4, 0.5) is 0 Å². The second kappa shape index (κ2) is 7.43. The summed E-state index contributed by atoms with van der Waals surface area (Å²) in [5.41, 5.74) is 3.62. The molecule has 1 rings (SSSR count). The molecule has 0 saturated carbocycles. The number of hydroxylamine groups is 1. The van der Waals surface area contributed by atoms with Gasteiger partial charge in [0.15, 0.2) is 11.5 Å². The van der Waals surface area contributed by atoms with Crippen molar-refractivity contribution in [2.45, 2.75) is 13.3 Å². The molecular formula is C14H19NO4. The molecule has 0 fully saturated rings. The number of carbonyl (C=O) groups is 1. The van der Waals surface area contributed by atoms with Gasteiger partial charge in [0, 0.05) is 11.1 Å². The molecule has 5 heteroatoms. The predicted molar refractivity (Wildman–Crippen MR) is 72.5 cm³/mol. The van der Waals surface area contributed by atoms with Gasteiger partial charge in [-0.2, -0.15) is 0 Å². The summed E-state index contributed by atoms with van der Waals surface area (Å²) in [6.07, 6.45) is 2.32. The molecule has 1 aromatic carbocycles. The van der Waals surface area contributed by atoms with Crippen LogP contribution in [0.25, 0.3) is 0 Å². The second-order valence-electron chi connectivity index (χ2n) is 3.73. The molecule has 0 aliphatic heterocycles. The first kappa shape index (κ1) is 15.0. The fourth-order valence-corrected chi connectivity index (χ4v) is 1.68. The van der Waals surface area contributed by atoms with Crippen LogP contribution in [0, 0.1) is 0 Å². The van der Waals surface area contributed by atoms with E-state index in [9.17, 15) is 4.79 Å². The fraction of sp³-hybridized carbons (Fsp3) is 0.357. The van der Waals surface area contributed by atoms with Crippen molar-refractivity contribution in [1.29, 1.82) is 0 Å². The summed E-state index contributed by atoms with van der Waals surface area (Å²) in [5, 5.41) is 0. The van der Waals surface area contributed by atoms with Crippen molar-refractivity contribution < 1.29 is 19.1 Å². The molecule has 104 valence electrons. The minimum Gasteiger partial charge on any atom is -0.493 e. The monoisotopic (exact) mass is 265 g/mol. The molecule has 0 heterocycles. The minimum atomic E-state index is -0.326. The van der Waals surface area contributed by atoms with Gasteiger partial charge in [-0.15, -0.1) is 6.58 Å². The third kappa shape index (κ3) is 3.72. The second-order valence-corrected chi connectivity index (χ2v) is 3.73. The largest absolute Gasteiger partial charge is 0.493 e. The average molecular weight is 265 g/mol. The van der Waals surface area contributed by atoms with Crippen LogP contribution < -0.4 is 15.0 Å². The van der Waals surface area contributed by atoms with Crippen LogP contribution in [0.1, 0.15) is 22.8 Å². The van der Waals surface area contributed by atoms with Crippen molar-refractivity contribution in [1.82, 2.24) is 5.48 Å². The van der Waals surface area contributed by atoms with Gasteiger partial charge in [0.25, 0.3) is 5.91 Å². The Kier molecular flexibility index (Phi) is 5.89. The Morgan fingerprint density at radius 3 is 2.63 bits per heavy atom. The Bertz CT molecular complexity index is 457. The topological polar surface area (TPSA) is 56.8 Å². The molecule has 5 nitrogen and oxygen atoms in total. The quantitative estimate of drug-likeness (QED) is 0.606. The summed E-state index contributed by atoms with van der Waals surface area (Å²) in [6, 6.07) is 3.34. The highest BCUT2D eigenvalue weighted by molar-refractivity contribution is 5.94. The number of ether oxygens (including phenoxy) is 2. The van der Waals surface area contributed by atoms with E-state index in [1.165, 1.54) is 7.11 Å². The highest BCUT2D eigenvalue weighted by Gasteiger charge is 2.15. The summed E-state index contributed by atoms with van der Waals surface area (Å²) in [6.45, 7) is 5.88. The molecule has 19 heavy (non-hydrogen) atoms. The molecule has 0 unspecified atom stereocenters. The first-order chi connectivity index (χ1) is 9.17. The molecule has 1 N–H and O–H groups in total. The van der Waals surface area contributed by atoms with Gasteiger partial charge >= 0.3 is 0 Å². The van der Waals surface area contributed by atoms with Crippen LogP contribution in [0.5, 0.6) is 11.5 Å². The Morgan fingerprint density at radius 2 is 2.11 bits per heavy atom. The molecule has 0 spiro atoms. The maximum Gasteiger partial charge on any atom is 0.274 e. The lowest BCUT2D eigenvalue weighted by Gasteiger charge is -2.14. The van der Waals surface area contributed by atoms with Crippen LogP contribution in [-0.4, -0.2) is 26.7 Å². The number of hydrogen-bond donors (Lipinski definition) is 1. The van der Waals surface area contributed by atoms with E-state index in [1.54, 1.807) is 32.2 Å². The van der Waals surface area contributed by atoms with Gasteiger partial charge in [0.05, 0.1) is 20.8 Å². The maximum absolute atomic E-state index is 11.9. The summed E-state index contributed by atoms with van der Waals surface area (Å²) >= 11 is 0. The number of rotatable bonds is 7. The fourth-order valence-electron chi connectivity index (χ4n) is 1.68. The predicted octanol–water partition coefficient (Wildman–Crippen LogP) is 2.11. The average Bonchev–Trinajstić information content (AvgIpc) is 2.44. The van der Waals surface area contributed by atoms with Crippen molar-refractivity contribution in [2.24, 2.45) is 0 Å². The summed E-state index contributed by atoms with van der Waals surface area (Å²) in [7, 11) is 3.09. The zero-order chi connectivity index (χ0) is 14.3. The number of nitrogens with one attached hydrogen (secondary N) is 1. The third-order valence-corrected chi connectivity index (χ3v) is 2.49. The van der Waals surface area contributed by atoms with E-state index < -0.39 is 0 Å². The molecule has 1 aromatic rings. The summed E-state index contributed by atoms with van der Waals surface area (Å²) < 4.78 is 10.5. The lowest BCUT2D eigenvalue weighted by Crippen LogP contribution is -2.23. The van der Waals surface area contributed by atoms with Gasteiger partial charge < -0.3 is 9.47 Å². The molecule has 0 aromatic heterocycles. The summed E-state index contributed by atoms with van der Waals surface area (Å²) in [5.74, 6) is 0.784. The van der Waals surface area contributed by atoms with Crippen LogP contribution in [0.3, 0.4) is 0 Å². The van der Waals surface area contributed by atoms with Gasteiger partial charge in [-0.25, -0.2) is 5.48 Å². The molecular weight excluding hydrogens is 246 g/mol. The van der Waals surface area contributed by atoms with Gasteiger partial charge in [-0.3, -0.25) is 9.63 Å². The number of allylic oxidation sites excluding steroid dienone is 1. The minimum absolute atomic E-state index is 0.326. The number of methoxy groups -OCH3 is 2. The van der Waals surface area contributed by atoms with Crippen LogP contribution >= 0.6 is 0 Å². The molecule has 0 atom stereocenters. The van der Waals surface area contributed by atoms with Crippen LogP contribution in [0.15, 0.2) is 24.8 Å². The van der Waals surface area contributed by atoms with E-state index in [0.29, 0.717) is 30.1 Å². The lowest BCUT2D eigenvalue weighted by atomic mass is 10.1. The van der Waals surface area contributed by atoms with Crippen molar-refractivity contribution >= 4 is 5.91 Å². The summed E-state index contributed by atoms with van der Waals surface area (Å²) in [4.78, 5) is 16.8. The van der Waals surface area contributed by atoms with E-state index in [2.05, 4.69) is 12.1 Å². The zero-order valence-corrected chi connectivity index (χ0v) is 11.5. The molecule has 0 aliphatic rings.